The molecule has 5 aromatic rings. The maximum Gasteiger partial charge on any atom is 0.337 e. The summed E-state index contributed by atoms with van der Waals surface area (Å²) in [6.45, 7) is 0. The van der Waals surface area contributed by atoms with Crippen molar-refractivity contribution >= 4 is 55.0 Å². The summed E-state index contributed by atoms with van der Waals surface area (Å²) in [5.74, 6) is -1.08. The number of carboxylic acids is 1. The Kier molecular flexibility index (Phi) is 4.72. The number of thiophene rings is 1. The summed E-state index contributed by atoms with van der Waals surface area (Å²) < 4.78 is 27.5. The zero-order chi connectivity index (χ0) is 22.5. The third-order valence-electron chi connectivity index (χ3n) is 5.37. The van der Waals surface area contributed by atoms with Crippen LogP contribution in [0.2, 0.25) is 0 Å². The van der Waals surface area contributed by atoms with Crippen LogP contribution in [0.15, 0.2) is 76.4 Å². The van der Waals surface area contributed by atoms with Gasteiger partial charge in [0.25, 0.3) is 10.0 Å². The number of anilines is 1. The number of aromatic nitrogens is 2. The fourth-order valence-corrected chi connectivity index (χ4v) is 6.14. The lowest BCUT2D eigenvalue weighted by Gasteiger charge is -2.18. The van der Waals surface area contributed by atoms with Gasteiger partial charge in [-0.2, -0.15) is 0 Å². The zero-order valence-corrected chi connectivity index (χ0v) is 18.4. The van der Waals surface area contributed by atoms with Gasteiger partial charge in [0.2, 0.25) is 0 Å². The molecule has 0 atom stereocenters. The summed E-state index contributed by atoms with van der Waals surface area (Å²) >= 11 is 1.15. The number of nitrogens with one attached hydrogen (secondary N) is 1. The standard InChI is InChI=1S/C23H17N3O4S2/c1-26(32(29,30)19-8-5-11-31-19)15-9-10-18-16(12-15)21-20(14-6-3-2-4-7-14)17(23(27)28)13-24-22(21)25-18/h2-13H,1H3,(H,24,25)(H,27,28). The van der Waals surface area contributed by atoms with Crippen molar-refractivity contribution in [1.29, 1.82) is 0 Å². The highest BCUT2D eigenvalue weighted by Crippen LogP contribution is 2.38. The number of benzene rings is 2. The molecule has 9 heteroatoms. The average molecular weight is 464 g/mol. The second-order valence-corrected chi connectivity index (χ2v) is 10.3. The molecule has 0 aliphatic rings. The zero-order valence-electron chi connectivity index (χ0n) is 16.8. The third kappa shape index (κ3) is 3.14. The van der Waals surface area contributed by atoms with Gasteiger partial charge < -0.3 is 10.1 Å². The molecular formula is C23H17N3O4S2. The van der Waals surface area contributed by atoms with Gasteiger partial charge in [-0.1, -0.05) is 36.4 Å². The third-order valence-corrected chi connectivity index (χ3v) is 8.53. The average Bonchev–Trinajstić information content (AvgIpc) is 3.46. The first-order valence-corrected chi connectivity index (χ1v) is 12.0. The van der Waals surface area contributed by atoms with Crippen molar-refractivity contribution in [2.75, 3.05) is 11.4 Å². The van der Waals surface area contributed by atoms with E-state index in [1.807, 2.05) is 30.3 Å². The highest BCUT2D eigenvalue weighted by Gasteiger charge is 2.24. The Morgan fingerprint density at radius 2 is 1.88 bits per heavy atom. The van der Waals surface area contributed by atoms with E-state index in [1.165, 1.54) is 17.5 Å². The number of aromatic amines is 1. The van der Waals surface area contributed by atoms with Gasteiger partial charge >= 0.3 is 5.97 Å². The van der Waals surface area contributed by atoms with Crippen molar-refractivity contribution in [3.63, 3.8) is 0 Å². The molecular weight excluding hydrogens is 446 g/mol. The molecule has 2 N–H and O–H groups in total. The Morgan fingerprint density at radius 1 is 1.09 bits per heavy atom. The molecule has 0 unspecified atom stereocenters. The fraction of sp³-hybridized carbons (Fsp3) is 0.0435. The van der Waals surface area contributed by atoms with Gasteiger partial charge in [0, 0.05) is 35.1 Å². The number of rotatable bonds is 5. The van der Waals surface area contributed by atoms with Gasteiger partial charge in [0.15, 0.2) is 0 Å². The maximum absolute atomic E-state index is 13.0. The summed E-state index contributed by atoms with van der Waals surface area (Å²) in [7, 11) is -2.20. The molecule has 0 aliphatic carbocycles. The van der Waals surface area contributed by atoms with Crippen LogP contribution in [0, 0.1) is 0 Å². The van der Waals surface area contributed by atoms with E-state index >= 15 is 0 Å². The van der Waals surface area contributed by atoms with Crippen LogP contribution in [0.5, 0.6) is 0 Å². The number of H-pyrrole nitrogens is 1. The summed E-state index contributed by atoms with van der Waals surface area (Å²) in [5.41, 5.74) is 3.09. The fourth-order valence-electron chi connectivity index (χ4n) is 3.79. The van der Waals surface area contributed by atoms with Crippen molar-refractivity contribution in [3.05, 3.63) is 77.8 Å². The topological polar surface area (TPSA) is 103 Å². The predicted molar refractivity (Wildman–Crippen MR) is 126 cm³/mol. The number of hydrogen-bond acceptors (Lipinski definition) is 5. The molecule has 0 spiro atoms. The molecule has 0 bridgehead atoms. The smallest absolute Gasteiger partial charge is 0.337 e. The largest absolute Gasteiger partial charge is 0.478 e. The van der Waals surface area contributed by atoms with E-state index in [1.54, 1.807) is 35.7 Å². The van der Waals surface area contributed by atoms with E-state index in [9.17, 15) is 18.3 Å². The first kappa shape index (κ1) is 20.2. The molecule has 0 fully saturated rings. The van der Waals surface area contributed by atoms with Crippen molar-refractivity contribution in [2.24, 2.45) is 0 Å². The highest BCUT2D eigenvalue weighted by atomic mass is 32.2. The van der Waals surface area contributed by atoms with Crippen LogP contribution < -0.4 is 4.31 Å². The number of nitrogens with zero attached hydrogens (tertiary/aromatic N) is 2. The number of fused-ring (bicyclic) bond motifs is 3. The Balaban J connectivity index is 1.79. The first-order valence-electron chi connectivity index (χ1n) is 9.63. The minimum Gasteiger partial charge on any atom is -0.478 e. The van der Waals surface area contributed by atoms with Crippen LogP contribution in [0.3, 0.4) is 0 Å². The minimum atomic E-state index is -3.71. The lowest BCUT2D eigenvalue weighted by Crippen LogP contribution is -2.25. The van der Waals surface area contributed by atoms with Gasteiger partial charge in [0.05, 0.1) is 11.3 Å². The van der Waals surface area contributed by atoms with Gasteiger partial charge in [-0.3, -0.25) is 4.31 Å². The number of pyridine rings is 1. The Bertz CT molecular complexity index is 1570. The Morgan fingerprint density at radius 3 is 2.56 bits per heavy atom. The number of carbonyl (C=O) groups is 1. The van der Waals surface area contributed by atoms with E-state index < -0.39 is 16.0 Å². The molecule has 2 aromatic carbocycles. The van der Waals surface area contributed by atoms with E-state index in [0.717, 1.165) is 22.4 Å². The molecule has 0 amide bonds. The second-order valence-electron chi connectivity index (χ2n) is 7.20. The van der Waals surface area contributed by atoms with Gasteiger partial charge in [0.1, 0.15) is 9.86 Å². The quantitative estimate of drug-likeness (QED) is 0.383. The lowest BCUT2D eigenvalue weighted by molar-refractivity contribution is 0.0697. The van der Waals surface area contributed by atoms with Crippen LogP contribution in [0.1, 0.15) is 10.4 Å². The minimum absolute atomic E-state index is 0.0783. The predicted octanol–water partition coefficient (Wildman–Crippen LogP) is 4.97. The van der Waals surface area contributed by atoms with Crippen molar-refractivity contribution in [3.8, 4) is 11.1 Å². The summed E-state index contributed by atoms with van der Waals surface area (Å²) in [6, 6.07) is 17.7. The molecule has 0 saturated carbocycles. The maximum atomic E-state index is 13.0. The summed E-state index contributed by atoms with van der Waals surface area (Å²) in [5, 5.41) is 12.9. The molecule has 7 nitrogen and oxygen atoms in total. The molecule has 0 aliphatic heterocycles. The van der Waals surface area contributed by atoms with E-state index in [0.29, 0.717) is 27.7 Å². The van der Waals surface area contributed by atoms with Gasteiger partial charge in [-0.25, -0.2) is 18.2 Å². The Labute approximate surface area is 187 Å². The number of carboxylic acid groups (broad SMARTS) is 1. The van der Waals surface area contributed by atoms with E-state index in [4.69, 9.17) is 0 Å². The van der Waals surface area contributed by atoms with E-state index in [2.05, 4.69) is 9.97 Å². The highest BCUT2D eigenvalue weighted by molar-refractivity contribution is 7.94. The molecule has 3 heterocycles. The molecule has 0 saturated heterocycles. The molecule has 160 valence electrons. The van der Waals surface area contributed by atoms with Crippen molar-refractivity contribution in [2.45, 2.75) is 4.21 Å². The van der Waals surface area contributed by atoms with E-state index in [-0.39, 0.29) is 9.77 Å². The van der Waals surface area contributed by atoms with Crippen molar-refractivity contribution < 1.29 is 18.3 Å². The second kappa shape index (κ2) is 7.47. The number of sulfonamides is 1. The lowest BCUT2D eigenvalue weighted by atomic mass is 9.96. The van der Waals surface area contributed by atoms with Crippen LogP contribution in [-0.4, -0.2) is 36.5 Å². The van der Waals surface area contributed by atoms with Crippen LogP contribution in [-0.2, 0) is 10.0 Å². The molecule has 0 radical (unpaired) electrons. The summed E-state index contributed by atoms with van der Waals surface area (Å²) in [4.78, 5) is 19.5. The molecule has 3 aromatic heterocycles. The normalized spacial score (nSPS) is 11.8. The van der Waals surface area contributed by atoms with Gasteiger partial charge in [-0.15, -0.1) is 11.3 Å². The van der Waals surface area contributed by atoms with Crippen LogP contribution >= 0.6 is 11.3 Å². The number of aromatic carboxylic acids is 1. The molecule has 5 rings (SSSR count). The van der Waals surface area contributed by atoms with Gasteiger partial charge in [-0.05, 0) is 35.2 Å². The van der Waals surface area contributed by atoms with Crippen molar-refractivity contribution in [1.82, 2.24) is 9.97 Å². The SMILES string of the molecule is CN(c1ccc2[nH]c3ncc(C(=O)O)c(-c4ccccc4)c3c2c1)S(=O)(=O)c1cccs1. The van der Waals surface area contributed by atoms with Crippen LogP contribution in [0.25, 0.3) is 33.1 Å². The Hall–Kier alpha value is -3.69. The molecule has 32 heavy (non-hydrogen) atoms. The monoisotopic (exact) mass is 463 g/mol. The first-order chi connectivity index (χ1) is 15.4. The van der Waals surface area contributed by atoms with Crippen LogP contribution in [0.4, 0.5) is 5.69 Å². The number of hydrogen-bond donors (Lipinski definition) is 2. The summed E-state index contributed by atoms with van der Waals surface area (Å²) in [6.07, 6.45) is 1.34.